The number of benzene rings is 1. The Hall–Kier alpha value is -1.09. The molecule has 1 aromatic rings. The Kier molecular flexibility index (Phi) is 5.26. The first-order valence-electron chi connectivity index (χ1n) is 5.94. The zero-order chi connectivity index (χ0) is 12.0. The molecule has 0 spiro atoms. The molecule has 0 aliphatic heterocycles. The number of nitrogens with zero attached hydrogens (tertiary/aromatic N) is 1. The van der Waals surface area contributed by atoms with E-state index >= 15 is 0 Å². The molecule has 0 amide bonds. The molecule has 0 aromatic heterocycles. The third kappa shape index (κ3) is 3.49. The number of hydrogen-bond acceptors (Lipinski definition) is 2. The molecule has 0 unspecified atom stereocenters. The van der Waals surface area contributed by atoms with Crippen LogP contribution in [-0.4, -0.2) is 18.0 Å². The van der Waals surface area contributed by atoms with E-state index in [1.165, 1.54) is 0 Å². The fraction of sp³-hybridized carbons (Fsp3) is 0.538. The average molecular weight is 224 g/mol. The first-order valence-corrected chi connectivity index (χ1v) is 5.94. The van der Waals surface area contributed by atoms with E-state index in [0.717, 1.165) is 25.9 Å². The second-order valence-corrected chi connectivity index (χ2v) is 4.10. The van der Waals surface area contributed by atoms with E-state index in [1.54, 1.807) is 6.07 Å². The molecule has 0 radical (unpaired) electrons. The highest BCUT2D eigenvalue weighted by atomic mass is 19.1. The average Bonchev–Trinajstić information content (AvgIpc) is 2.25. The van der Waals surface area contributed by atoms with Gasteiger partial charge in [-0.1, -0.05) is 26.0 Å². The Bertz CT molecular complexity index is 320. The van der Waals surface area contributed by atoms with Gasteiger partial charge in [-0.15, -0.1) is 0 Å². The SMILES string of the molecule is CCCN(CCC)Cc1cccc(N)c1F. The maximum absolute atomic E-state index is 13.7. The molecule has 0 saturated heterocycles. The lowest BCUT2D eigenvalue weighted by atomic mass is 10.1. The van der Waals surface area contributed by atoms with Gasteiger partial charge in [0.1, 0.15) is 0 Å². The Balaban J connectivity index is 2.72. The molecule has 2 N–H and O–H groups in total. The number of halogens is 1. The molecule has 1 aromatic carbocycles. The minimum Gasteiger partial charge on any atom is -0.396 e. The third-order valence-electron chi connectivity index (χ3n) is 2.58. The van der Waals surface area contributed by atoms with Gasteiger partial charge in [0, 0.05) is 12.1 Å². The highest BCUT2D eigenvalue weighted by Gasteiger charge is 2.09. The number of anilines is 1. The fourth-order valence-corrected chi connectivity index (χ4v) is 1.87. The summed E-state index contributed by atoms with van der Waals surface area (Å²) < 4.78 is 13.7. The van der Waals surface area contributed by atoms with Crippen LogP contribution in [0.25, 0.3) is 0 Å². The van der Waals surface area contributed by atoms with Crippen molar-refractivity contribution in [2.75, 3.05) is 18.8 Å². The van der Waals surface area contributed by atoms with Crippen molar-refractivity contribution in [2.24, 2.45) is 0 Å². The van der Waals surface area contributed by atoms with Gasteiger partial charge in [-0.3, -0.25) is 4.90 Å². The van der Waals surface area contributed by atoms with Crippen LogP contribution in [0.15, 0.2) is 18.2 Å². The van der Waals surface area contributed by atoms with Crippen LogP contribution >= 0.6 is 0 Å². The molecular formula is C13H21FN2. The first kappa shape index (κ1) is 13.0. The van der Waals surface area contributed by atoms with E-state index in [0.29, 0.717) is 12.1 Å². The van der Waals surface area contributed by atoms with Crippen LogP contribution in [0.3, 0.4) is 0 Å². The van der Waals surface area contributed by atoms with Gasteiger partial charge in [-0.25, -0.2) is 4.39 Å². The predicted molar refractivity (Wildman–Crippen MR) is 66.7 cm³/mol. The molecule has 2 nitrogen and oxygen atoms in total. The maximum atomic E-state index is 13.7. The Morgan fingerprint density at radius 1 is 1.19 bits per heavy atom. The summed E-state index contributed by atoms with van der Waals surface area (Å²) in [5, 5.41) is 0. The van der Waals surface area contributed by atoms with E-state index < -0.39 is 0 Å². The zero-order valence-corrected chi connectivity index (χ0v) is 10.2. The molecule has 0 heterocycles. The van der Waals surface area contributed by atoms with Crippen LogP contribution in [0.2, 0.25) is 0 Å². The number of hydrogen-bond donors (Lipinski definition) is 1. The fourth-order valence-electron chi connectivity index (χ4n) is 1.87. The summed E-state index contributed by atoms with van der Waals surface area (Å²) in [6, 6.07) is 5.22. The second kappa shape index (κ2) is 6.48. The molecule has 3 heteroatoms. The molecule has 0 saturated carbocycles. The minimum absolute atomic E-state index is 0.241. The van der Waals surface area contributed by atoms with Crippen molar-refractivity contribution in [3.63, 3.8) is 0 Å². The van der Waals surface area contributed by atoms with Crippen LogP contribution in [0, 0.1) is 5.82 Å². The van der Waals surface area contributed by atoms with Crippen LogP contribution in [0.1, 0.15) is 32.3 Å². The molecule has 0 fully saturated rings. The third-order valence-corrected chi connectivity index (χ3v) is 2.58. The second-order valence-electron chi connectivity index (χ2n) is 4.10. The van der Waals surface area contributed by atoms with Gasteiger partial charge in [0.15, 0.2) is 5.82 Å². The van der Waals surface area contributed by atoms with Crippen LogP contribution in [0.4, 0.5) is 10.1 Å². The lowest BCUT2D eigenvalue weighted by Crippen LogP contribution is -2.25. The van der Waals surface area contributed by atoms with Crippen molar-refractivity contribution in [1.29, 1.82) is 0 Å². The summed E-state index contributed by atoms with van der Waals surface area (Å²) >= 11 is 0. The first-order chi connectivity index (χ1) is 7.69. The molecule has 0 aliphatic carbocycles. The Labute approximate surface area is 97.3 Å². The number of rotatable bonds is 6. The van der Waals surface area contributed by atoms with E-state index in [2.05, 4.69) is 18.7 Å². The van der Waals surface area contributed by atoms with Crippen molar-refractivity contribution < 1.29 is 4.39 Å². The molecule has 1 rings (SSSR count). The summed E-state index contributed by atoms with van der Waals surface area (Å²) in [4.78, 5) is 2.26. The van der Waals surface area contributed by atoms with Gasteiger partial charge in [0.2, 0.25) is 0 Å². The summed E-state index contributed by atoms with van der Waals surface area (Å²) in [6.07, 6.45) is 2.17. The van der Waals surface area contributed by atoms with Crippen molar-refractivity contribution in [3.8, 4) is 0 Å². The lowest BCUT2D eigenvalue weighted by molar-refractivity contribution is 0.263. The smallest absolute Gasteiger partial charge is 0.150 e. The number of nitrogens with two attached hydrogens (primary N) is 1. The molecule has 0 aliphatic rings. The normalized spacial score (nSPS) is 11.0. The summed E-state index contributed by atoms with van der Waals surface area (Å²) in [7, 11) is 0. The van der Waals surface area contributed by atoms with Crippen LogP contribution < -0.4 is 5.73 Å². The molecular weight excluding hydrogens is 203 g/mol. The van der Waals surface area contributed by atoms with Gasteiger partial charge in [0.05, 0.1) is 5.69 Å². The lowest BCUT2D eigenvalue weighted by Gasteiger charge is -2.21. The van der Waals surface area contributed by atoms with Gasteiger partial charge >= 0.3 is 0 Å². The van der Waals surface area contributed by atoms with Gasteiger partial charge in [0.25, 0.3) is 0 Å². The van der Waals surface area contributed by atoms with Gasteiger partial charge in [-0.05, 0) is 32.0 Å². The minimum atomic E-state index is -0.264. The summed E-state index contributed by atoms with van der Waals surface area (Å²) in [6.45, 7) is 6.93. The van der Waals surface area contributed by atoms with Crippen LogP contribution in [0.5, 0.6) is 0 Å². The van der Waals surface area contributed by atoms with Crippen molar-refractivity contribution in [1.82, 2.24) is 4.90 Å². The largest absolute Gasteiger partial charge is 0.396 e. The Morgan fingerprint density at radius 2 is 1.81 bits per heavy atom. The molecule has 0 bridgehead atoms. The van der Waals surface area contributed by atoms with Crippen molar-refractivity contribution in [2.45, 2.75) is 33.2 Å². The summed E-state index contributed by atoms with van der Waals surface area (Å²) in [5.41, 5.74) is 6.49. The van der Waals surface area contributed by atoms with Crippen LogP contribution in [-0.2, 0) is 6.54 Å². The van der Waals surface area contributed by atoms with Gasteiger partial charge < -0.3 is 5.73 Å². The van der Waals surface area contributed by atoms with E-state index in [9.17, 15) is 4.39 Å². The predicted octanol–water partition coefficient (Wildman–Crippen LogP) is 3.03. The monoisotopic (exact) mass is 224 g/mol. The quantitative estimate of drug-likeness (QED) is 0.753. The van der Waals surface area contributed by atoms with E-state index in [4.69, 9.17) is 5.73 Å². The topological polar surface area (TPSA) is 29.3 Å². The molecule has 90 valence electrons. The maximum Gasteiger partial charge on any atom is 0.150 e. The zero-order valence-electron chi connectivity index (χ0n) is 10.2. The molecule has 16 heavy (non-hydrogen) atoms. The molecule has 0 atom stereocenters. The number of nitrogen functional groups attached to an aromatic ring is 1. The summed E-state index contributed by atoms with van der Waals surface area (Å²) in [5.74, 6) is -0.264. The van der Waals surface area contributed by atoms with Crippen molar-refractivity contribution >= 4 is 5.69 Å². The highest BCUT2D eigenvalue weighted by Crippen LogP contribution is 2.16. The standard InChI is InChI=1S/C13H21FN2/c1-3-8-16(9-4-2)10-11-6-5-7-12(15)13(11)14/h5-7H,3-4,8-10,15H2,1-2H3. The van der Waals surface area contributed by atoms with E-state index in [1.807, 2.05) is 12.1 Å². The van der Waals surface area contributed by atoms with E-state index in [-0.39, 0.29) is 11.5 Å². The highest BCUT2D eigenvalue weighted by molar-refractivity contribution is 5.42. The van der Waals surface area contributed by atoms with Crippen molar-refractivity contribution in [3.05, 3.63) is 29.6 Å². The Morgan fingerprint density at radius 3 is 2.38 bits per heavy atom. The van der Waals surface area contributed by atoms with Gasteiger partial charge in [-0.2, -0.15) is 0 Å².